The minimum Gasteiger partial charge on any atom is -0.362 e. The van der Waals surface area contributed by atoms with Crippen LogP contribution in [0.4, 0.5) is 0 Å². The molecule has 0 bridgehead atoms. The lowest BCUT2D eigenvalue weighted by Gasteiger charge is -2.13. The molecule has 1 saturated heterocycles. The van der Waals surface area contributed by atoms with Crippen LogP contribution >= 0.6 is 0 Å². The van der Waals surface area contributed by atoms with E-state index in [2.05, 4.69) is 6.92 Å². The van der Waals surface area contributed by atoms with Crippen LogP contribution in [-0.4, -0.2) is 17.5 Å². The van der Waals surface area contributed by atoms with Crippen LogP contribution in [0.1, 0.15) is 13.3 Å². The van der Waals surface area contributed by atoms with Crippen LogP contribution in [0.25, 0.3) is 0 Å². The first-order valence-corrected chi connectivity index (χ1v) is 4.30. The van der Waals surface area contributed by atoms with Crippen molar-refractivity contribution in [3.63, 3.8) is 0 Å². The summed E-state index contributed by atoms with van der Waals surface area (Å²) in [5.74, 6) is 0.590. The number of ketones is 1. The first-order chi connectivity index (χ1) is 5.69. The summed E-state index contributed by atoms with van der Waals surface area (Å²) in [5.41, 5.74) is 1.26. The second-order valence-electron chi connectivity index (χ2n) is 4.03. The Kier molecular flexibility index (Phi) is 0.945. The summed E-state index contributed by atoms with van der Waals surface area (Å²) in [6, 6.07) is 0. The number of rotatable bonds is 0. The number of hydrogen-bond donors (Lipinski definition) is 0. The number of epoxide rings is 1. The Morgan fingerprint density at radius 3 is 3.33 bits per heavy atom. The highest BCUT2D eigenvalue weighted by Crippen LogP contribution is 2.56. The Bertz CT molecular complexity index is 327. The number of fused-ring (bicyclic) bond motifs is 3. The summed E-state index contributed by atoms with van der Waals surface area (Å²) in [6.07, 6.45) is 6.72. The van der Waals surface area contributed by atoms with E-state index in [1.807, 2.05) is 6.08 Å². The molecule has 2 fully saturated rings. The van der Waals surface area contributed by atoms with E-state index in [9.17, 15) is 4.79 Å². The summed E-state index contributed by atoms with van der Waals surface area (Å²) in [5, 5.41) is 0. The van der Waals surface area contributed by atoms with E-state index in [-0.39, 0.29) is 17.5 Å². The highest BCUT2D eigenvalue weighted by atomic mass is 16.6. The maximum atomic E-state index is 11.1. The van der Waals surface area contributed by atoms with Gasteiger partial charge < -0.3 is 4.74 Å². The van der Waals surface area contributed by atoms with Crippen molar-refractivity contribution >= 4 is 5.78 Å². The van der Waals surface area contributed by atoms with Crippen LogP contribution in [0.5, 0.6) is 0 Å². The minimum absolute atomic E-state index is 0.0610. The monoisotopic (exact) mass is 162 g/mol. The largest absolute Gasteiger partial charge is 0.362 e. The van der Waals surface area contributed by atoms with Gasteiger partial charge in [0.15, 0.2) is 5.78 Å². The van der Waals surface area contributed by atoms with Crippen LogP contribution in [0.2, 0.25) is 0 Å². The summed E-state index contributed by atoms with van der Waals surface area (Å²) >= 11 is 0. The molecule has 2 nitrogen and oxygen atoms in total. The molecule has 3 unspecified atom stereocenters. The molecule has 0 radical (unpaired) electrons. The zero-order chi connectivity index (χ0) is 8.34. The van der Waals surface area contributed by atoms with Gasteiger partial charge in [0.1, 0.15) is 6.10 Å². The smallest absolute Gasteiger partial charge is 0.178 e. The van der Waals surface area contributed by atoms with Gasteiger partial charge in [0.05, 0.1) is 5.60 Å². The lowest BCUT2D eigenvalue weighted by atomic mass is 9.95. The van der Waals surface area contributed by atoms with E-state index >= 15 is 0 Å². The molecule has 2 aliphatic carbocycles. The topological polar surface area (TPSA) is 29.6 Å². The van der Waals surface area contributed by atoms with Gasteiger partial charge in [0.25, 0.3) is 0 Å². The van der Waals surface area contributed by atoms with Gasteiger partial charge in [-0.05, 0) is 31.1 Å². The minimum atomic E-state index is 0.0610. The van der Waals surface area contributed by atoms with Gasteiger partial charge in [0.2, 0.25) is 0 Å². The molecule has 1 heterocycles. The van der Waals surface area contributed by atoms with Crippen molar-refractivity contribution in [3.05, 3.63) is 23.8 Å². The number of carbonyl (C=O) groups is 1. The lowest BCUT2D eigenvalue weighted by molar-refractivity contribution is -0.110. The molecular weight excluding hydrogens is 152 g/mol. The van der Waals surface area contributed by atoms with Crippen LogP contribution in [0.15, 0.2) is 23.8 Å². The Hall–Kier alpha value is -0.890. The summed E-state index contributed by atoms with van der Waals surface area (Å²) in [7, 11) is 0. The SMILES string of the molecule is CC12CC3C=CC(=O)C=C3C1O2. The Morgan fingerprint density at radius 2 is 2.50 bits per heavy atom. The second kappa shape index (κ2) is 1.72. The van der Waals surface area contributed by atoms with E-state index in [1.165, 1.54) is 5.57 Å². The van der Waals surface area contributed by atoms with E-state index in [4.69, 9.17) is 4.74 Å². The number of carbonyl (C=O) groups excluding carboxylic acids is 1. The molecule has 3 rings (SSSR count). The van der Waals surface area contributed by atoms with E-state index in [0.29, 0.717) is 5.92 Å². The van der Waals surface area contributed by atoms with Crippen molar-refractivity contribution in [1.29, 1.82) is 0 Å². The summed E-state index contributed by atoms with van der Waals surface area (Å²) in [6.45, 7) is 2.12. The molecule has 3 aliphatic rings. The average molecular weight is 162 g/mol. The van der Waals surface area contributed by atoms with E-state index in [1.54, 1.807) is 12.2 Å². The zero-order valence-corrected chi connectivity index (χ0v) is 6.91. The van der Waals surface area contributed by atoms with Crippen molar-refractivity contribution in [3.8, 4) is 0 Å². The molecule has 1 aliphatic heterocycles. The van der Waals surface area contributed by atoms with Gasteiger partial charge in [-0.15, -0.1) is 0 Å². The predicted octanol–water partition coefficient (Wildman–Crippen LogP) is 1.23. The normalized spacial score (nSPS) is 48.4. The summed E-state index contributed by atoms with van der Waals surface area (Å²) < 4.78 is 5.50. The molecule has 12 heavy (non-hydrogen) atoms. The van der Waals surface area contributed by atoms with Crippen LogP contribution in [0, 0.1) is 5.92 Å². The molecule has 0 aromatic heterocycles. The molecule has 3 atom stereocenters. The van der Waals surface area contributed by atoms with Crippen molar-refractivity contribution in [2.45, 2.75) is 25.0 Å². The highest BCUT2D eigenvalue weighted by molar-refractivity contribution is 6.01. The van der Waals surface area contributed by atoms with Crippen molar-refractivity contribution in [2.24, 2.45) is 5.92 Å². The number of ether oxygens (including phenoxy) is 1. The fraction of sp³-hybridized carbons (Fsp3) is 0.500. The van der Waals surface area contributed by atoms with E-state index < -0.39 is 0 Å². The first kappa shape index (κ1) is 6.61. The van der Waals surface area contributed by atoms with Gasteiger partial charge >= 0.3 is 0 Å². The fourth-order valence-corrected chi connectivity index (χ4v) is 2.35. The van der Waals surface area contributed by atoms with Crippen molar-refractivity contribution in [2.75, 3.05) is 0 Å². The zero-order valence-electron chi connectivity index (χ0n) is 6.91. The Balaban J connectivity index is 2.03. The fourth-order valence-electron chi connectivity index (χ4n) is 2.35. The standard InChI is InChI=1S/C10H10O2/c1-10-5-6-2-3-7(11)4-8(6)9(10)12-10/h2-4,6,9H,5H2,1H3. The maximum absolute atomic E-state index is 11.1. The Morgan fingerprint density at radius 1 is 1.67 bits per heavy atom. The molecule has 2 heteroatoms. The summed E-state index contributed by atoms with van der Waals surface area (Å²) in [4.78, 5) is 11.1. The molecule has 0 N–H and O–H groups in total. The van der Waals surface area contributed by atoms with Gasteiger partial charge in [-0.25, -0.2) is 0 Å². The quantitative estimate of drug-likeness (QED) is 0.501. The van der Waals surface area contributed by atoms with E-state index in [0.717, 1.165) is 6.42 Å². The van der Waals surface area contributed by atoms with Gasteiger partial charge in [0, 0.05) is 5.92 Å². The molecule has 0 amide bonds. The second-order valence-corrected chi connectivity index (χ2v) is 4.03. The highest BCUT2D eigenvalue weighted by Gasteiger charge is 2.61. The maximum Gasteiger partial charge on any atom is 0.178 e. The first-order valence-electron chi connectivity index (χ1n) is 4.30. The molecule has 0 aromatic carbocycles. The molecular formula is C10H10O2. The van der Waals surface area contributed by atoms with Crippen molar-refractivity contribution in [1.82, 2.24) is 0 Å². The number of allylic oxidation sites excluding steroid dienone is 3. The third kappa shape index (κ3) is 0.661. The lowest BCUT2D eigenvalue weighted by Crippen LogP contribution is -2.08. The van der Waals surface area contributed by atoms with Gasteiger partial charge in [-0.3, -0.25) is 4.79 Å². The molecule has 0 aromatic rings. The average Bonchev–Trinajstić information content (AvgIpc) is 2.60. The molecule has 1 saturated carbocycles. The third-order valence-electron chi connectivity index (χ3n) is 3.04. The van der Waals surface area contributed by atoms with Gasteiger partial charge in [-0.1, -0.05) is 6.08 Å². The van der Waals surface area contributed by atoms with Gasteiger partial charge in [-0.2, -0.15) is 0 Å². The van der Waals surface area contributed by atoms with Crippen LogP contribution < -0.4 is 0 Å². The van der Waals surface area contributed by atoms with Crippen LogP contribution in [-0.2, 0) is 9.53 Å². The Labute approximate surface area is 70.9 Å². The number of hydrogen-bond acceptors (Lipinski definition) is 2. The van der Waals surface area contributed by atoms with Crippen molar-refractivity contribution < 1.29 is 9.53 Å². The predicted molar refractivity (Wildman–Crippen MR) is 43.6 cm³/mol. The molecule has 0 spiro atoms. The van der Waals surface area contributed by atoms with Crippen LogP contribution in [0.3, 0.4) is 0 Å². The third-order valence-corrected chi connectivity index (χ3v) is 3.04. The molecule has 62 valence electrons.